The molecule has 2 rings (SSSR count). The minimum absolute atomic E-state index is 0.0936. The molecule has 90 valence electrons. The number of hydrogen-bond donors (Lipinski definition) is 1. The fourth-order valence-electron chi connectivity index (χ4n) is 3.55. The zero-order chi connectivity index (χ0) is 11.9. The maximum Gasteiger partial charge on any atom is 0.0821 e. The Bertz CT molecular complexity index is 321. The molecule has 0 aromatic rings. The van der Waals surface area contributed by atoms with E-state index in [9.17, 15) is 5.11 Å². The van der Waals surface area contributed by atoms with Gasteiger partial charge in [0.15, 0.2) is 0 Å². The lowest BCUT2D eigenvalue weighted by molar-refractivity contribution is -0.148. The van der Waals surface area contributed by atoms with Crippen LogP contribution in [0.5, 0.6) is 0 Å². The molecule has 1 heterocycles. The van der Waals surface area contributed by atoms with Crippen LogP contribution in [0, 0.1) is 23.2 Å². The number of rotatable bonds is 2. The quantitative estimate of drug-likeness (QED) is 0.727. The molecule has 1 N–H and O–H groups in total. The second kappa shape index (κ2) is 4.01. The van der Waals surface area contributed by atoms with Crippen LogP contribution in [0.25, 0.3) is 0 Å². The molecule has 0 radical (unpaired) electrons. The zero-order valence-electron chi connectivity index (χ0n) is 10.4. The summed E-state index contributed by atoms with van der Waals surface area (Å²) in [4.78, 5) is 0. The van der Waals surface area contributed by atoms with Gasteiger partial charge in [0.25, 0.3) is 0 Å². The normalized spacial score (nSPS) is 47.4. The van der Waals surface area contributed by atoms with Gasteiger partial charge in [-0.15, -0.1) is 6.58 Å². The van der Waals surface area contributed by atoms with Gasteiger partial charge in [0.2, 0.25) is 0 Å². The highest BCUT2D eigenvalue weighted by Gasteiger charge is 2.52. The first-order chi connectivity index (χ1) is 7.56. The van der Waals surface area contributed by atoms with Gasteiger partial charge in [-0.3, -0.25) is 0 Å². The summed E-state index contributed by atoms with van der Waals surface area (Å²) in [5.74, 6) is 1.22. The summed E-state index contributed by atoms with van der Waals surface area (Å²) in [6, 6.07) is 0. The topological polar surface area (TPSA) is 29.5 Å². The lowest BCUT2D eigenvalue weighted by Gasteiger charge is -2.54. The summed E-state index contributed by atoms with van der Waals surface area (Å²) < 4.78 is 5.88. The number of aliphatic hydroxyl groups excluding tert-OH is 1. The average Bonchev–Trinajstić information content (AvgIpc) is 2.26. The van der Waals surface area contributed by atoms with Gasteiger partial charge in [0.05, 0.1) is 19.3 Å². The van der Waals surface area contributed by atoms with Crippen LogP contribution in [-0.4, -0.2) is 24.4 Å². The molecule has 1 aliphatic carbocycles. The van der Waals surface area contributed by atoms with Crippen LogP contribution in [0.4, 0.5) is 0 Å². The fourth-order valence-corrected chi connectivity index (χ4v) is 3.55. The maximum absolute atomic E-state index is 9.74. The Morgan fingerprint density at radius 1 is 1.62 bits per heavy atom. The minimum atomic E-state index is -0.0936. The molecule has 0 spiro atoms. The largest absolute Gasteiger partial charge is 0.396 e. The van der Waals surface area contributed by atoms with Crippen LogP contribution < -0.4 is 0 Å². The van der Waals surface area contributed by atoms with Gasteiger partial charge in [-0.25, -0.2) is 0 Å². The van der Waals surface area contributed by atoms with Crippen molar-refractivity contribution < 1.29 is 9.84 Å². The molecule has 0 amide bonds. The number of aliphatic hydroxyl groups is 1. The van der Waals surface area contributed by atoms with Crippen molar-refractivity contribution in [2.45, 2.75) is 26.9 Å². The summed E-state index contributed by atoms with van der Waals surface area (Å²) >= 11 is 0. The number of hydrogen-bond acceptors (Lipinski definition) is 2. The molecule has 2 aliphatic rings. The lowest BCUT2D eigenvalue weighted by atomic mass is 9.56. The second-order valence-corrected chi connectivity index (χ2v) is 5.42. The van der Waals surface area contributed by atoms with E-state index in [4.69, 9.17) is 4.74 Å². The monoisotopic (exact) mass is 222 g/mol. The summed E-state index contributed by atoms with van der Waals surface area (Å²) in [5.41, 5.74) is 1.29. The van der Waals surface area contributed by atoms with Crippen molar-refractivity contribution in [2.24, 2.45) is 23.2 Å². The number of ether oxygens (including phenoxy) is 1. The van der Waals surface area contributed by atoms with Gasteiger partial charge >= 0.3 is 0 Å². The number of fused-ring (bicyclic) bond motifs is 2. The third kappa shape index (κ3) is 1.40. The Labute approximate surface area is 98.0 Å². The van der Waals surface area contributed by atoms with Crippen LogP contribution >= 0.6 is 0 Å². The highest BCUT2D eigenvalue weighted by Crippen LogP contribution is 2.52. The highest BCUT2D eigenvalue weighted by molar-refractivity contribution is 5.22. The Kier molecular flexibility index (Phi) is 2.97. The molecule has 2 nitrogen and oxygen atoms in total. The van der Waals surface area contributed by atoms with E-state index < -0.39 is 0 Å². The molecule has 0 unspecified atom stereocenters. The SMILES string of the molecule is C=C[C@H]1OC[C@@]2(CO)[C@H](C)C=C(C)[C@@H]1[C@H]2C. The standard InChI is InChI=1S/C14H22O2/c1-5-12-13-9(2)6-10(3)14(7-15,8-16-12)11(13)4/h5-6,10-13,15H,1,7-8H2,2-4H3/t10-,11-,12-,13-,14+/m1/s1. The molecule has 1 aliphatic heterocycles. The molecular weight excluding hydrogens is 200 g/mol. The van der Waals surface area contributed by atoms with Crippen molar-refractivity contribution >= 4 is 0 Å². The van der Waals surface area contributed by atoms with Crippen LogP contribution in [0.3, 0.4) is 0 Å². The van der Waals surface area contributed by atoms with E-state index in [1.165, 1.54) is 5.57 Å². The molecular formula is C14H22O2. The molecule has 1 fully saturated rings. The van der Waals surface area contributed by atoms with Crippen molar-refractivity contribution in [3.8, 4) is 0 Å². The van der Waals surface area contributed by atoms with Gasteiger partial charge < -0.3 is 9.84 Å². The molecule has 1 saturated heterocycles. The fraction of sp³-hybridized carbons (Fsp3) is 0.714. The van der Waals surface area contributed by atoms with E-state index in [0.717, 1.165) is 0 Å². The number of allylic oxidation sites excluding steroid dienone is 1. The van der Waals surface area contributed by atoms with Crippen molar-refractivity contribution in [3.63, 3.8) is 0 Å². The second-order valence-electron chi connectivity index (χ2n) is 5.42. The molecule has 0 aromatic carbocycles. The molecule has 0 saturated carbocycles. The van der Waals surface area contributed by atoms with Crippen LogP contribution in [0.1, 0.15) is 20.8 Å². The van der Waals surface area contributed by atoms with Crippen molar-refractivity contribution in [1.82, 2.24) is 0 Å². The van der Waals surface area contributed by atoms with E-state index in [1.807, 2.05) is 6.08 Å². The first-order valence-electron chi connectivity index (χ1n) is 6.10. The van der Waals surface area contributed by atoms with Gasteiger partial charge in [-0.2, -0.15) is 0 Å². The van der Waals surface area contributed by atoms with E-state index in [1.54, 1.807) is 0 Å². The van der Waals surface area contributed by atoms with Gasteiger partial charge in [0.1, 0.15) is 0 Å². The molecule has 2 bridgehead atoms. The van der Waals surface area contributed by atoms with Crippen molar-refractivity contribution in [1.29, 1.82) is 0 Å². The van der Waals surface area contributed by atoms with Gasteiger partial charge in [-0.05, 0) is 18.8 Å². The lowest BCUT2D eigenvalue weighted by Crippen LogP contribution is -2.55. The van der Waals surface area contributed by atoms with E-state index >= 15 is 0 Å². The van der Waals surface area contributed by atoms with E-state index in [2.05, 4.69) is 33.4 Å². The Morgan fingerprint density at radius 2 is 2.31 bits per heavy atom. The highest BCUT2D eigenvalue weighted by atomic mass is 16.5. The average molecular weight is 222 g/mol. The first-order valence-corrected chi connectivity index (χ1v) is 6.10. The van der Waals surface area contributed by atoms with Crippen LogP contribution in [0.15, 0.2) is 24.3 Å². The van der Waals surface area contributed by atoms with Crippen molar-refractivity contribution in [2.75, 3.05) is 13.2 Å². The smallest absolute Gasteiger partial charge is 0.0821 e. The minimum Gasteiger partial charge on any atom is -0.396 e. The zero-order valence-corrected chi connectivity index (χ0v) is 10.4. The van der Waals surface area contributed by atoms with E-state index in [-0.39, 0.29) is 18.1 Å². The van der Waals surface area contributed by atoms with Gasteiger partial charge in [0, 0.05) is 11.3 Å². The third-order valence-electron chi connectivity index (χ3n) is 4.82. The molecule has 0 aromatic heterocycles. The predicted molar refractivity (Wildman–Crippen MR) is 65.0 cm³/mol. The summed E-state index contributed by atoms with van der Waals surface area (Å²) in [7, 11) is 0. The molecule has 5 atom stereocenters. The first kappa shape index (κ1) is 11.9. The Hall–Kier alpha value is -0.600. The summed E-state index contributed by atoms with van der Waals surface area (Å²) in [6.07, 6.45) is 4.31. The van der Waals surface area contributed by atoms with Gasteiger partial charge in [-0.1, -0.05) is 31.6 Å². The van der Waals surface area contributed by atoms with E-state index in [0.29, 0.717) is 24.4 Å². The third-order valence-corrected chi connectivity index (χ3v) is 4.82. The van der Waals surface area contributed by atoms with Crippen molar-refractivity contribution in [3.05, 3.63) is 24.3 Å². The Morgan fingerprint density at radius 3 is 2.88 bits per heavy atom. The molecule has 2 heteroatoms. The predicted octanol–water partition coefficient (Wildman–Crippen LogP) is 2.40. The van der Waals surface area contributed by atoms with Crippen LogP contribution in [0.2, 0.25) is 0 Å². The maximum atomic E-state index is 9.74. The summed E-state index contributed by atoms with van der Waals surface area (Å²) in [5, 5.41) is 9.74. The van der Waals surface area contributed by atoms with Crippen LogP contribution in [-0.2, 0) is 4.74 Å². The molecule has 16 heavy (non-hydrogen) atoms. The summed E-state index contributed by atoms with van der Waals surface area (Å²) in [6.45, 7) is 11.3. The Balaban J connectivity index is 2.44.